The predicted octanol–water partition coefficient (Wildman–Crippen LogP) is 3.81. The molecule has 2 aromatic heterocycles. The second kappa shape index (κ2) is 7.17. The zero-order chi connectivity index (χ0) is 18.7. The molecule has 26 heavy (non-hydrogen) atoms. The highest BCUT2D eigenvalue weighted by Gasteiger charge is 2.19. The number of hydrogen-bond donors (Lipinski definition) is 2. The van der Waals surface area contributed by atoms with Crippen LogP contribution in [0.1, 0.15) is 23.0 Å². The van der Waals surface area contributed by atoms with E-state index in [1.54, 1.807) is 30.4 Å². The van der Waals surface area contributed by atoms with Gasteiger partial charge in [-0.05, 0) is 25.1 Å². The zero-order valence-electron chi connectivity index (χ0n) is 14.0. The summed E-state index contributed by atoms with van der Waals surface area (Å²) in [6.45, 7) is 5.41. The van der Waals surface area contributed by atoms with Gasteiger partial charge in [0.15, 0.2) is 11.6 Å². The van der Waals surface area contributed by atoms with E-state index in [9.17, 15) is 9.65 Å². The molecule has 6 nitrogen and oxygen atoms in total. The Morgan fingerprint density at radius 2 is 2.23 bits per heavy atom. The molecule has 130 valence electrons. The molecule has 7 heteroatoms. The van der Waals surface area contributed by atoms with Gasteiger partial charge >= 0.3 is 0 Å². The maximum absolute atomic E-state index is 14.7. The maximum atomic E-state index is 14.7. The topological polar surface area (TPSA) is 101 Å². The van der Waals surface area contributed by atoms with Crippen LogP contribution in [0.4, 0.5) is 4.39 Å². The lowest BCUT2D eigenvalue weighted by molar-refractivity contribution is 0.427. The fourth-order valence-electron chi connectivity index (χ4n) is 2.58. The van der Waals surface area contributed by atoms with Crippen LogP contribution in [0, 0.1) is 24.1 Å². The number of benzene rings is 1. The number of nitrogens with zero attached hydrogens (tertiary/aromatic N) is 3. The second-order valence-electron chi connectivity index (χ2n) is 5.59. The van der Waals surface area contributed by atoms with Gasteiger partial charge in [-0.3, -0.25) is 0 Å². The molecule has 3 rings (SSSR count). The normalized spacial score (nSPS) is 12.2. The fourth-order valence-corrected chi connectivity index (χ4v) is 2.58. The van der Waals surface area contributed by atoms with Gasteiger partial charge in [0.25, 0.3) is 0 Å². The molecule has 2 heterocycles. The highest BCUT2D eigenvalue weighted by atomic mass is 19.1. The Morgan fingerprint density at radius 1 is 1.42 bits per heavy atom. The molecule has 0 spiro atoms. The Balaban J connectivity index is 2.03. The van der Waals surface area contributed by atoms with Crippen molar-refractivity contribution in [3.05, 3.63) is 72.1 Å². The van der Waals surface area contributed by atoms with Gasteiger partial charge in [-0.1, -0.05) is 24.8 Å². The van der Waals surface area contributed by atoms with Crippen molar-refractivity contribution in [2.75, 3.05) is 0 Å². The molecule has 3 aromatic rings. The van der Waals surface area contributed by atoms with Crippen molar-refractivity contribution in [1.82, 2.24) is 15.0 Å². The summed E-state index contributed by atoms with van der Waals surface area (Å²) in [7, 11) is 0. The van der Waals surface area contributed by atoms with Crippen molar-refractivity contribution in [2.24, 2.45) is 5.73 Å². The number of aryl methyl sites for hydroxylation is 1. The number of halogens is 1. The average Bonchev–Trinajstić information content (AvgIpc) is 3.03. The maximum Gasteiger partial charge on any atom is 0.240 e. The summed E-state index contributed by atoms with van der Waals surface area (Å²) >= 11 is 0. The first kappa shape index (κ1) is 17.3. The van der Waals surface area contributed by atoms with Crippen LogP contribution in [0.15, 0.2) is 49.3 Å². The molecule has 0 aliphatic carbocycles. The summed E-state index contributed by atoms with van der Waals surface area (Å²) in [6, 6.07) is 6.21. The van der Waals surface area contributed by atoms with Gasteiger partial charge in [0.1, 0.15) is 18.0 Å². The fraction of sp³-hybridized carbons (Fsp3) is 0.105. The summed E-state index contributed by atoms with van der Waals surface area (Å²) < 4.78 is 20.3. The van der Waals surface area contributed by atoms with Crippen molar-refractivity contribution in [2.45, 2.75) is 13.0 Å². The Kier molecular flexibility index (Phi) is 4.78. The third-order valence-corrected chi connectivity index (χ3v) is 3.77. The van der Waals surface area contributed by atoms with E-state index in [4.69, 9.17) is 10.5 Å². The number of rotatable bonds is 5. The third kappa shape index (κ3) is 3.18. The highest BCUT2D eigenvalue weighted by Crippen LogP contribution is 2.32. The Bertz CT molecular complexity index is 1050. The first-order chi connectivity index (χ1) is 12.5. The number of nitrogens with one attached hydrogen (secondary N) is 1. The number of hydrogen-bond acceptors (Lipinski definition) is 5. The molecule has 0 saturated carbocycles. The quantitative estimate of drug-likeness (QED) is 0.682. The van der Waals surface area contributed by atoms with E-state index < -0.39 is 11.9 Å². The number of fused-ring (bicyclic) bond motifs is 1. The van der Waals surface area contributed by atoms with Crippen LogP contribution < -0.4 is 10.5 Å². The number of allylic oxidation sites excluding steroid dienone is 2. The molecule has 0 radical (unpaired) electrons. The summed E-state index contributed by atoms with van der Waals surface area (Å²) in [4.78, 5) is 11.1. The molecule has 1 atom stereocenters. The van der Waals surface area contributed by atoms with Gasteiger partial charge in [0.05, 0.1) is 11.7 Å². The molecule has 0 aliphatic rings. The Labute approximate surface area is 149 Å². The van der Waals surface area contributed by atoms with Crippen LogP contribution in [-0.2, 0) is 0 Å². The molecule has 0 aliphatic heterocycles. The Hall–Kier alpha value is -3.50. The minimum Gasteiger partial charge on any atom is -0.434 e. The molecule has 0 amide bonds. The van der Waals surface area contributed by atoms with Crippen LogP contribution >= 0.6 is 0 Å². The number of aromatic amines is 1. The first-order valence-electron chi connectivity index (χ1n) is 7.80. The molecular weight excluding hydrogens is 333 g/mol. The first-order valence-corrected chi connectivity index (χ1v) is 7.80. The number of nitriles is 1. The summed E-state index contributed by atoms with van der Waals surface area (Å²) in [5, 5.41) is 9.89. The largest absolute Gasteiger partial charge is 0.434 e. The molecule has 3 N–H and O–H groups in total. The molecule has 1 unspecified atom stereocenters. The van der Waals surface area contributed by atoms with Crippen molar-refractivity contribution in [3.8, 4) is 17.7 Å². The van der Waals surface area contributed by atoms with E-state index in [1.807, 2.05) is 13.0 Å². The molecular formula is C19H16FN5O. The minimum absolute atomic E-state index is 0.0344. The van der Waals surface area contributed by atoms with Gasteiger partial charge in [-0.15, -0.1) is 0 Å². The zero-order valence-corrected chi connectivity index (χ0v) is 14.0. The Morgan fingerprint density at radius 3 is 2.96 bits per heavy atom. The van der Waals surface area contributed by atoms with Gasteiger partial charge < -0.3 is 15.5 Å². The highest BCUT2D eigenvalue weighted by molar-refractivity contribution is 5.82. The predicted molar refractivity (Wildman–Crippen MR) is 96.1 cm³/mol. The van der Waals surface area contributed by atoms with E-state index in [-0.39, 0.29) is 22.9 Å². The lowest BCUT2D eigenvalue weighted by Gasteiger charge is -2.12. The minimum atomic E-state index is -0.646. The van der Waals surface area contributed by atoms with E-state index in [2.05, 4.69) is 21.5 Å². The molecule has 0 bridgehead atoms. The molecule has 0 fully saturated rings. The smallest absolute Gasteiger partial charge is 0.240 e. The summed E-state index contributed by atoms with van der Waals surface area (Å²) in [5.74, 6) is -0.620. The lowest BCUT2D eigenvalue weighted by atomic mass is 10.1. The van der Waals surface area contributed by atoms with Crippen molar-refractivity contribution < 1.29 is 9.13 Å². The number of H-pyrrole nitrogens is 1. The van der Waals surface area contributed by atoms with Crippen LogP contribution in [-0.4, -0.2) is 15.0 Å². The molecule has 1 aromatic carbocycles. The van der Waals surface area contributed by atoms with E-state index in [0.717, 1.165) is 5.69 Å². The standard InChI is InChI=1S/C19H16FN5O/c1-3-4-5-14(22)18-13(9-21)19(24-10-23-18)26-16-7-6-15-12(17(16)20)8-11(2)25-15/h3-8,10,14,25H,1,22H2,2H3/b5-4-. The summed E-state index contributed by atoms with van der Waals surface area (Å²) in [5.41, 5.74) is 7.85. The van der Waals surface area contributed by atoms with Crippen molar-refractivity contribution >= 4 is 10.9 Å². The monoisotopic (exact) mass is 349 g/mol. The SMILES string of the molecule is C=C/C=C\C(N)c1ncnc(Oc2ccc3[nH]c(C)cc3c2F)c1C#N. The molecule has 0 saturated heterocycles. The van der Waals surface area contributed by atoms with Crippen LogP contribution in [0.3, 0.4) is 0 Å². The second-order valence-corrected chi connectivity index (χ2v) is 5.59. The average molecular weight is 349 g/mol. The number of ether oxygens (including phenoxy) is 1. The summed E-state index contributed by atoms with van der Waals surface area (Å²) in [6.07, 6.45) is 6.07. The van der Waals surface area contributed by atoms with E-state index >= 15 is 0 Å². The van der Waals surface area contributed by atoms with Crippen LogP contribution in [0.25, 0.3) is 10.9 Å². The van der Waals surface area contributed by atoms with Gasteiger partial charge in [-0.25, -0.2) is 14.4 Å². The third-order valence-electron chi connectivity index (χ3n) is 3.77. The van der Waals surface area contributed by atoms with E-state index in [0.29, 0.717) is 10.9 Å². The van der Waals surface area contributed by atoms with Crippen LogP contribution in [0.5, 0.6) is 11.6 Å². The van der Waals surface area contributed by atoms with E-state index in [1.165, 1.54) is 12.4 Å². The van der Waals surface area contributed by atoms with Gasteiger partial charge in [0, 0.05) is 16.6 Å². The lowest BCUT2D eigenvalue weighted by Crippen LogP contribution is -2.12. The van der Waals surface area contributed by atoms with Crippen LogP contribution in [0.2, 0.25) is 0 Å². The van der Waals surface area contributed by atoms with Crippen molar-refractivity contribution in [3.63, 3.8) is 0 Å². The van der Waals surface area contributed by atoms with Crippen molar-refractivity contribution in [1.29, 1.82) is 5.26 Å². The van der Waals surface area contributed by atoms with Gasteiger partial charge in [-0.2, -0.15) is 5.26 Å². The van der Waals surface area contributed by atoms with Gasteiger partial charge in [0.2, 0.25) is 5.88 Å². The number of aromatic nitrogens is 3. The number of nitrogens with two attached hydrogens (primary N) is 1.